The van der Waals surface area contributed by atoms with Gasteiger partial charge in [0, 0.05) is 17.8 Å². The van der Waals surface area contributed by atoms with Crippen molar-refractivity contribution in [2.45, 2.75) is 25.6 Å². The third kappa shape index (κ3) is 5.10. The lowest BCUT2D eigenvalue weighted by Gasteiger charge is -2.40. The van der Waals surface area contributed by atoms with Crippen LogP contribution in [0.25, 0.3) is 0 Å². The summed E-state index contributed by atoms with van der Waals surface area (Å²) in [6, 6.07) is 19.8. The molecular formula is C26H25FN2O4. The first kappa shape index (κ1) is 22.6. The Bertz CT molecular complexity index is 1130. The standard InChI is InChI=1S/C26H25FN2O4/c1-17-4-2-3-5-22(17)26(32)28-21-12-8-19(9-13-21)25-23(15-30)29(24(31)16-33-25)14-18-6-10-20(27)11-7-18/h2-13,23,25,30H,14-16H2,1H3,(H,28,32)/t23-,25-/m1/s1. The second kappa shape index (κ2) is 9.94. The van der Waals surface area contributed by atoms with Crippen molar-refractivity contribution in [2.75, 3.05) is 18.5 Å². The van der Waals surface area contributed by atoms with Crippen molar-refractivity contribution in [3.8, 4) is 0 Å². The summed E-state index contributed by atoms with van der Waals surface area (Å²) in [6.07, 6.45) is -0.533. The van der Waals surface area contributed by atoms with E-state index in [-0.39, 0.29) is 37.4 Å². The van der Waals surface area contributed by atoms with Gasteiger partial charge in [0.1, 0.15) is 18.5 Å². The number of rotatable bonds is 6. The second-order valence-electron chi connectivity index (χ2n) is 8.02. The van der Waals surface area contributed by atoms with Crippen LogP contribution in [0, 0.1) is 12.7 Å². The number of amides is 2. The molecule has 0 radical (unpaired) electrons. The van der Waals surface area contributed by atoms with Crippen LogP contribution in [-0.2, 0) is 16.1 Å². The number of carbonyl (C=O) groups excluding carboxylic acids is 2. The molecule has 0 aromatic heterocycles. The topological polar surface area (TPSA) is 78.9 Å². The highest BCUT2D eigenvalue weighted by Gasteiger charge is 2.37. The molecule has 1 aliphatic rings. The minimum Gasteiger partial charge on any atom is -0.394 e. The molecule has 1 saturated heterocycles. The Balaban J connectivity index is 1.49. The van der Waals surface area contributed by atoms with E-state index in [1.165, 1.54) is 12.1 Å². The van der Waals surface area contributed by atoms with Gasteiger partial charge in [0.2, 0.25) is 5.91 Å². The van der Waals surface area contributed by atoms with Gasteiger partial charge in [-0.1, -0.05) is 42.5 Å². The highest BCUT2D eigenvalue weighted by molar-refractivity contribution is 6.05. The number of anilines is 1. The number of benzene rings is 3. The maximum Gasteiger partial charge on any atom is 0.255 e. The van der Waals surface area contributed by atoms with Crippen LogP contribution in [-0.4, -0.2) is 41.1 Å². The van der Waals surface area contributed by atoms with Crippen molar-refractivity contribution in [3.63, 3.8) is 0 Å². The maximum atomic E-state index is 13.2. The van der Waals surface area contributed by atoms with Gasteiger partial charge in [-0.25, -0.2) is 4.39 Å². The van der Waals surface area contributed by atoms with Crippen LogP contribution in [0.4, 0.5) is 10.1 Å². The average molecular weight is 448 g/mol. The molecule has 3 aromatic rings. The monoisotopic (exact) mass is 448 g/mol. The summed E-state index contributed by atoms with van der Waals surface area (Å²) < 4.78 is 19.0. The number of aryl methyl sites for hydroxylation is 1. The lowest BCUT2D eigenvalue weighted by atomic mass is 9.98. The van der Waals surface area contributed by atoms with Crippen LogP contribution in [0.5, 0.6) is 0 Å². The number of carbonyl (C=O) groups is 2. The van der Waals surface area contributed by atoms with Crippen molar-refractivity contribution in [1.82, 2.24) is 4.90 Å². The highest BCUT2D eigenvalue weighted by Crippen LogP contribution is 2.31. The maximum absolute atomic E-state index is 13.2. The molecule has 7 heteroatoms. The van der Waals surface area contributed by atoms with Gasteiger partial charge in [-0.3, -0.25) is 9.59 Å². The second-order valence-corrected chi connectivity index (χ2v) is 8.02. The molecule has 0 bridgehead atoms. The van der Waals surface area contributed by atoms with E-state index in [9.17, 15) is 19.1 Å². The molecule has 170 valence electrons. The van der Waals surface area contributed by atoms with E-state index in [0.717, 1.165) is 16.7 Å². The summed E-state index contributed by atoms with van der Waals surface area (Å²) in [6.45, 7) is 1.72. The Kier molecular flexibility index (Phi) is 6.82. The van der Waals surface area contributed by atoms with Crippen LogP contribution in [0.3, 0.4) is 0 Å². The van der Waals surface area contributed by atoms with E-state index < -0.39 is 12.1 Å². The average Bonchev–Trinajstić information content (AvgIpc) is 2.82. The van der Waals surface area contributed by atoms with E-state index in [1.54, 1.807) is 35.2 Å². The lowest BCUT2D eigenvalue weighted by Crippen LogP contribution is -2.52. The smallest absolute Gasteiger partial charge is 0.255 e. The van der Waals surface area contributed by atoms with Gasteiger partial charge in [0.25, 0.3) is 5.91 Å². The van der Waals surface area contributed by atoms with E-state index in [2.05, 4.69) is 5.32 Å². The number of morpholine rings is 1. The SMILES string of the molecule is Cc1ccccc1C(=O)Nc1ccc([C@H]2OCC(=O)N(Cc3ccc(F)cc3)[C@@H]2CO)cc1. The molecule has 1 aliphatic heterocycles. The molecule has 0 unspecified atom stereocenters. The molecule has 0 aliphatic carbocycles. The van der Waals surface area contributed by atoms with Crippen molar-refractivity contribution >= 4 is 17.5 Å². The van der Waals surface area contributed by atoms with Crippen molar-refractivity contribution in [2.24, 2.45) is 0 Å². The normalized spacial score (nSPS) is 18.3. The predicted molar refractivity (Wildman–Crippen MR) is 122 cm³/mol. The zero-order valence-electron chi connectivity index (χ0n) is 18.2. The van der Waals surface area contributed by atoms with Crippen molar-refractivity contribution < 1.29 is 23.8 Å². The van der Waals surface area contributed by atoms with Crippen LogP contribution in [0.15, 0.2) is 72.8 Å². The number of ether oxygens (including phenoxy) is 1. The lowest BCUT2D eigenvalue weighted by molar-refractivity contribution is -0.162. The van der Waals surface area contributed by atoms with E-state index in [4.69, 9.17) is 4.74 Å². The minimum absolute atomic E-state index is 0.117. The Labute approximate surface area is 191 Å². The first-order valence-electron chi connectivity index (χ1n) is 10.7. The largest absolute Gasteiger partial charge is 0.394 e. The number of halogens is 1. The molecule has 33 heavy (non-hydrogen) atoms. The van der Waals surface area contributed by atoms with Crippen LogP contribution < -0.4 is 5.32 Å². The molecule has 2 atom stereocenters. The molecule has 0 saturated carbocycles. The third-order valence-electron chi connectivity index (χ3n) is 5.80. The molecule has 4 rings (SSSR count). The molecule has 0 spiro atoms. The van der Waals surface area contributed by atoms with Crippen LogP contribution >= 0.6 is 0 Å². The van der Waals surface area contributed by atoms with Gasteiger partial charge in [-0.05, 0) is 53.9 Å². The molecule has 2 N–H and O–H groups in total. The highest BCUT2D eigenvalue weighted by atomic mass is 19.1. The van der Waals surface area contributed by atoms with Gasteiger partial charge >= 0.3 is 0 Å². The Morgan fingerprint density at radius 2 is 1.79 bits per heavy atom. The summed E-state index contributed by atoms with van der Waals surface area (Å²) in [5, 5.41) is 13.0. The number of nitrogens with zero attached hydrogens (tertiary/aromatic N) is 1. The number of hydrogen-bond acceptors (Lipinski definition) is 4. The number of nitrogens with one attached hydrogen (secondary N) is 1. The third-order valence-corrected chi connectivity index (χ3v) is 5.80. The summed E-state index contributed by atoms with van der Waals surface area (Å²) >= 11 is 0. The summed E-state index contributed by atoms with van der Waals surface area (Å²) in [4.78, 5) is 26.6. The summed E-state index contributed by atoms with van der Waals surface area (Å²) in [5.74, 6) is -0.783. The number of aliphatic hydroxyl groups excluding tert-OH is 1. The fourth-order valence-electron chi connectivity index (χ4n) is 3.99. The van der Waals surface area contributed by atoms with E-state index in [1.807, 2.05) is 37.3 Å². The van der Waals surface area contributed by atoms with Crippen molar-refractivity contribution in [3.05, 3.63) is 101 Å². The Morgan fingerprint density at radius 3 is 2.45 bits per heavy atom. The zero-order valence-corrected chi connectivity index (χ0v) is 18.2. The Morgan fingerprint density at radius 1 is 1.09 bits per heavy atom. The fourth-order valence-corrected chi connectivity index (χ4v) is 3.99. The fraction of sp³-hybridized carbons (Fsp3) is 0.231. The quantitative estimate of drug-likeness (QED) is 0.601. The van der Waals surface area contributed by atoms with E-state index >= 15 is 0 Å². The van der Waals surface area contributed by atoms with E-state index in [0.29, 0.717) is 11.3 Å². The molecule has 6 nitrogen and oxygen atoms in total. The minimum atomic E-state index is -0.594. The predicted octanol–water partition coefficient (Wildman–Crippen LogP) is 3.85. The molecular weight excluding hydrogens is 423 g/mol. The summed E-state index contributed by atoms with van der Waals surface area (Å²) in [5.41, 5.74) is 3.66. The zero-order chi connectivity index (χ0) is 23.4. The molecule has 1 heterocycles. The number of hydrogen-bond donors (Lipinski definition) is 2. The van der Waals surface area contributed by atoms with Crippen LogP contribution in [0.1, 0.15) is 33.2 Å². The molecule has 2 amide bonds. The summed E-state index contributed by atoms with van der Waals surface area (Å²) in [7, 11) is 0. The van der Waals surface area contributed by atoms with Gasteiger partial charge < -0.3 is 20.1 Å². The van der Waals surface area contributed by atoms with Gasteiger partial charge in [0.15, 0.2) is 0 Å². The van der Waals surface area contributed by atoms with Crippen molar-refractivity contribution in [1.29, 1.82) is 0 Å². The first-order valence-corrected chi connectivity index (χ1v) is 10.7. The number of aliphatic hydroxyl groups is 1. The Hall–Kier alpha value is -3.55. The van der Waals surface area contributed by atoms with Gasteiger partial charge in [-0.15, -0.1) is 0 Å². The first-order chi connectivity index (χ1) is 16.0. The molecule has 3 aromatic carbocycles. The van der Waals surface area contributed by atoms with Crippen LogP contribution in [0.2, 0.25) is 0 Å². The van der Waals surface area contributed by atoms with Gasteiger partial charge in [0.05, 0.1) is 12.6 Å². The molecule has 1 fully saturated rings. The van der Waals surface area contributed by atoms with Gasteiger partial charge in [-0.2, -0.15) is 0 Å².